The summed E-state index contributed by atoms with van der Waals surface area (Å²) in [4.78, 5) is 12.5. The average molecular weight is 187 g/mol. The van der Waals surface area contributed by atoms with Crippen molar-refractivity contribution in [1.29, 1.82) is 0 Å². The predicted octanol–water partition coefficient (Wildman–Crippen LogP) is 0.306. The lowest BCUT2D eigenvalue weighted by molar-refractivity contribution is -0.138. The molecule has 2 N–H and O–H groups in total. The van der Waals surface area contributed by atoms with Crippen molar-refractivity contribution in [2.75, 3.05) is 13.1 Å². The van der Waals surface area contributed by atoms with Crippen molar-refractivity contribution in [2.24, 2.45) is 0 Å². The van der Waals surface area contributed by atoms with Gasteiger partial charge in [0.1, 0.15) is 0 Å². The van der Waals surface area contributed by atoms with Crippen molar-refractivity contribution in [3.05, 3.63) is 0 Å². The molecule has 0 amide bonds. The molecule has 76 valence electrons. The highest BCUT2D eigenvalue weighted by atomic mass is 16.4. The largest absolute Gasteiger partial charge is 0.481 e. The van der Waals surface area contributed by atoms with E-state index < -0.39 is 11.6 Å². The number of β-amino-alcohol motifs (C(OH)–C–C–N with tert-alkyl or cyclic N) is 1. The highest BCUT2D eigenvalue weighted by molar-refractivity contribution is 5.67. The third-order valence-electron chi connectivity index (χ3n) is 2.57. The Morgan fingerprint density at radius 3 is 2.69 bits per heavy atom. The van der Waals surface area contributed by atoms with Gasteiger partial charge in [0.2, 0.25) is 0 Å². The first kappa shape index (κ1) is 10.5. The lowest BCUT2D eigenvalue weighted by Crippen LogP contribution is -2.36. The second kappa shape index (κ2) is 3.64. The number of carbonyl (C=O) groups is 1. The highest BCUT2D eigenvalue weighted by Gasteiger charge is 2.33. The van der Waals surface area contributed by atoms with E-state index in [4.69, 9.17) is 5.11 Å². The molecular formula is C9H17NO3. The lowest BCUT2D eigenvalue weighted by Gasteiger charge is -2.24. The summed E-state index contributed by atoms with van der Waals surface area (Å²) in [5.41, 5.74) is -0.632. The minimum Gasteiger partial charge on any atom is -0.481 e. The Kier molecular flexibility index (Phi) is 2.93. The zero-order chi connectivity index (χ0) is 10.1. The summed E-state index contributed by atoms with van der Waals surface area (Å²) in [6.45, 7) is 5.05. The molecule has 1 rings (SSSR count). The maximum absolute atomic E-state index is 10.4. The van der Waals surface area contributed by atoms with Crippen LogP contribution in [0.1, 0.15) is 26.7 Å². The van der Waals surface area contributed by atoms with Gasteiger partial charge in [-0.2, -0.15) is 0 Å². The fourth-order valence-electron chi connectivity index (χ4n) is 1.74. The standard InChI is InChI=1S/C9H17NO3/c1-7(5-8(11)12)10-4-3-9(2,13)6-10/h7,13H,3-6H2,1-2H3,(H,11,12). The molecule has 2 atom stereocenters. The van der Waals surface area contributed by atoms with Crippen molar-refractivity contribution >= 4 is 5.97 Å². The van der Waals surface area contributed by atoms with E-state index in [9.17, 15) is 9.90 Å². The van der Waals surface area contributed by atoms with Crippen LogP contribution in [-0.2, 0) is 4.79 Å². The van der Waals surface area contributed by atoms with Crippen molar-refractivity contribution in [3.63, 3.8) is 0 Å². The molecule has 4 heteroatoms. The van der Waals surface area contributed by atoms with Gasteiger partial charge in [0, 0.05) is 19.1 Å². The third-order valence-corrected chi connectivity index (χ3v) is 2.57. The third kappa shape index (κ3) is 2.97. The maximum Gasteiger partial charge on any atom is 0.304 e. The minimum atomic E-state index is -0.779. The van der Waals surface area contributed by atoms with E-state index in [1.54, 1.807) is 6.92 Å². The second-order valence-electron chi connectivity index (χ2n) is 4.16. The molecule has 0 radical (unpaired) electrons. The zero-order valence-corrected chi connectivity index (χ0v) is 8.16. The Labute approximate surface area is 78.2 Å². The van der Waals surface area contributed by atoms with Crippen LogP contribution in [0.25, 0.3) is 0 Å². The summed E-state index contributed by atoms with van der Waals surface area (Å²) in [5, 5.41) is 18.2. The quantitative estimate of drug-likeness (QED) is 0.667. The summed E-state index contributed by atoms with van der Waals surface area (Å²) in [7, 11) is 0. The molecule has 1 saturated heterocycles. The molecule has 4 nitrogen and oxygen atoms in total. The van der Waals surface area contributed by atoms with Crippen LogP contribution >= 0.6 is 0 Å². The molecule has 1 heterocycles. The van der Waals surface area contributed by atoms with Crippen molar-refractivity contribution in [1.82, 2.24) is 4.90 Å². The number of carboxylic acids is 1. The summed E-state index contributed by atoms with van der Waals surface area (Å²) in [6, 6.07) is 0.0199. The van der Waals surface area contributed by atoms with E-state index in [0.717, 1.165) is 13.0 Å². The van der Waals surface area contributed by atoms with Gasteiger partial charge >= 0.3 is 5.97 Å². The maximum atomic E-state index is 10.4. The number of hydrogen-bond acceptors (Lipinski definition) is 3. The molecule has 0 aromatic rings. The molecule has 0 spiro atoms. The van der Waals surface area contributed by atoms with Crippen LogP contribution < -0.4 is 0 Å². The van der Waals surface area contributed by atoms with Gasteiger partial charge in [-0.1, -0.05) is 0 Å². The lowest BCUT2D eigenvalue weighted by atomic mass is 10.1. The Balaban J connectivity index is 2.42. The normalized spacial score (nSPS) is 31.9. The van der Waals surface area contributed by atoms with Crippen LogP contribution in [-0.4, -0.2) is 45.8 Å². The number of nitrogens with zero attached hydrogens (tertiary/aromatic N) is 1. The predicted molar refractivity (Wildman–Crippen MR) is 48.5 cm³/mol. The van der Waals surface area contributed by atoms with Crippen molar-refractivity contribution in [2.45, 2.75) is 38.3 Å². The molecule has 0 aromatic carbocycles. The first-order chi connectivity index (χ1) is 5.91. The molecule has 0 aromatic heterocycles. The van der Waals surface area contributed by atoms with E-state index in [2.05, 4.69) is 0 Å². The SMILES string of the molecule is CC(CC(=O)O)N1CCC(C)(O)C1. The van der Waals surface area contributed by atoms with Gasteiger partial charge in [-0.05, 0) is 20.3 Å². The molecule has 13 heavy (non-hydrogen) atoms. The molecule has 0 saturated carbocycles. The smallest absolute Gasteiger partial charge is 0.304 e. The number of hydrogen-bond donors (Lipinski definition) is 2. The molecular weight excluding hydrogens is 170 g/mol. The monoisotopic (exact) mass is 187 g/mol. The van der Waals surface area contributed by atoms with Gasteiger partial charge in [0.05, 0.1) is 12.0 Å². The number of aliphatic carboxylic acids is 1. The first-order valence-electron chi connectivity index (χ1n) is 4.59. The first-order valence-corrected chi connectivity index (χ1v) is 4.59. The van der Waals surface area contributed by atoms with Crippen LogP contribution in [0.4, 0.5) is 0 Å². The molecule has 1 aliphatic rings. The zero-order valence-electron chi connectivity index (χ0n) is 8.16. The topological polar surface area (TPSA) is 60.8 Å². The van der Waals surface area contributed by atoms with Crippen LogP contribution in [0.3, 0.4) is 0 Å². The molecule has 2 unspecified atom stereocenters. The van der Waals surface area contributed by atoms with E-state index in [1.807, 2.05) is 11.8 Å². The molecule has 0 bridgehead atoms. The summed E-state index contributed by atoms with van der Waals surface area (Å²) >= 11 is 0. The number of likely N-dealkylation sites (tertiary alicyclic amines) is 1. The fraction of sp³-hybridized carbons (Fsp3) is 0.889. The van der Waals surface area contributed by atoms with Gasteiger partial charge < -0.3 is 10.2 Å². The van der Waals surface area contributed by atoms with Crippen LogP contribution in [0.2, 0.25) is 0 Å². The molecule has 1 aliphatic heterocycles. The van der Waals surface area contributed by atoms with Crippen LogP contribution in [0.15, 0.2) is 0 Å². The second-order valence-corrected chi connectivity index (χ2v) is 4.16. The Bertz CT molecular complexity index is 203. The summed E-state index contributed by atoms with van der Waals surface area (Å²) in [6.07, 6.45) is 0.882. The summed E-state index contributed by atoms with van der Waals surface area (Å²) < 4.78 is 0. The Morgan fingerprint density at radius 2 is 2.31 bits per heavy atom. The van der Waals surface area contributed by atoms with E-state index >= 15 is 0 Å². The fourth-order valence-corrected chi connectivity index (χ4v) is 1.74. The van der Waals surface area contributed by atoms with Crippen molar-refractivity contribution < 1.29 is 15.0 Å². The molecule has 0 aliphatic carbocycles. The van der Waals surface area contributed by atoms with Crippen LogP contribution in [0, 0.1) is 0 Å². The Morgan fingerprint density at radius 1 is 1.69 bits per heavy atom. The number of carboxylic acid groups (broad SMARTS) is 1. The van der Waals surface area contributed by atoms with Gasteiger partial charge in [0.15, 0.2) is 0 Å². The van der Waals surface area contributed by atoms with Gasteiger partial charge in [-0.15, -0.1) is 0 Å². The van der Waals surface area contributed by atoms with Crippen molar-refractivity contribution in [3.8, 4) is 0 Å². The summed E-state index contributed by atoms with van der Waals surface area (Å²) in [5.74, 6) is -0.779. The Hall–Kier alpha value is -0.610. The van der Waals surface area contributed by atoms with E-state index in [1.165, 1.54) is 0 Å². The van der Waals surface area contributed by atoms with Gasteiger partial charge in [-0.3, -0.25) is 9.69 Å². The number of aliphatic hydroxyl groups is 1. The van der Waals surface area contributed by atoms with Gasteiger partial charge in [0.25, 0.3) is 0 Å². The molecule has 1 fully saturated rings. The number of rotatable bonds is 3. The minimum absolute atomic E-state index is 0.0199. The highest BCUT2D eigenvalue weighted by Crippen LogP contribution is 2.22. The van der Waals surface area contributed by atoms with E-state index in [0.29, 0.717) is 6.54 Å². The average Bonchev–Trinajstić information content (AvgIpc) is 2.28. The van der Waals surface area contributed by atoms with Crippen LogP contribution in [0.5, 0.6) is 0 Å². The van der Waals surface area contributed by atoms with E-state index in [-0.39, 0.29) is 12.5 Å². The van der Waals surface area contributed by atoms with Gasteiger partial charge in [-0.25, -0.2) is 0 Å².